The van der Waals surface area contributed by atoms with Crippen LogP contribution in [0, 0.1) is 17.8 Å². The number of amides is 1. The Morgan fingerprint density at radius 2 is 1.65 bits per heavy atom. The first-order valence-corrected chi connectivity index (χ1v) is 11.4. The zero-order valence-electron chi connectivity index (χ0n) is 16.5. The van der Waals surface area contributed by atoms with Gasteiger partial charge in [0.15, 0.2) is 5.03 Å². The molecule has 3 rings (SSSR count). The van der Waals surface area contributed by atoms with Gasteiger partial charge in [0.2, 0.25) is 17.8 Å². The van der Waals surface area contributed by atoms with Crippen LogP contribution in [0.2, 0.25) is 0 Å². The highest BCUT2D eigenvalue weighted by Gasteiger charge is 2.49. The molecule has 31 heavy (non-hydrogen) atoms. The Bertz CT molecular complexity index is 961. The number of nitrogens with zero attached hydrogens (tertiary/aromatic N) is 1. The predicted octanol–water partition coefficient (Wildman–Crippen LogP) is 3.11. The zero-order valence-corrected chi connectivity index (χ0v) is 17.3. The minimum Gasteiger partial charge on any atom is -0.326 e. The Hall–Kier alpha value is -2.08. The number of sulfonamides is 1. The molecule has 1 heterocycles. The number of Topliss-reactive ketones (excluding diaryl/α,β-unsaturated/α-hetero) is 1. The number of rotatable bonds is 5. The predicted molar refractivity (Wildman–Crippen MR) is 102 cm³/mol. The Morgan fingerprint density at radius 3 is 2.26 bits per heavy atom. The van der Waals surface area contributed by atoms with Crippen molar-refractivity contribution in [3.63, 3.8) is 0 Å². The number of anilines is 1. The van der Waals surface area contributed by atoms with Crippen LogP contribution in [0.5, 0.6) is 0 Å². The van der Waals surface area contributed by atoms with Crippen LogP contribution in [-0.4, -0.2) is 36.9 Å². The third-order valence-corrected chi connectivity index (χ3v) is 6.75. The van der Waals surface area contributed by atoms with Crippen molar-refractivity contribution in [2.24, 2.45) is 22.9 Å². The molecule has 2 fully saturated rings. The molecule has 2 unspecified atom stereocenters. The van der Waals surface area contributed by atoms with Crippen molar-refractivity contribution in [2.75, 3.05) is 5.32 Å². The number of hydrogen-bond donors (Lipinski definition) is 2. The maximum atomic E-state index is 14.1. The van der Waals surface area contributed by atoms with E-state index in [9.17, 15) is 35.6 Å². The van der Waals surface area contributed by atoms with Crippen molar-refractivity contribution in [1.29, 1.82) is 0 Å². The molecule has 1 amide bonds. The van der Waals surface area contributed by atoms with Gasteiger partial charge in [-0.2, -0.15) is 0 Å². The fraction of sp³-hybridized carbons (Fsp3) is 0.632. The summed E-state index contributed by atoms with van der Waals surface area (Å²) < 4.78 is 77.8. The molecule has 12 heteroatoms. The fourth-order valence-electron chi connectivity index (χ4n) is 4.26. The molecule has 2 aliphatic carbocycles. The van der Waals surface area contributed by atoms with Crippen LogP contribution in [0.25, 0.3) is 0 Å². The lowest BCUT2D eigenvalue weighted by Gasteiger charge is -2.37. The number of halogens is 4. The van der Waals surface area contributed by atoms with E-state index in [4.69, 9.17) is 5.14 Å². The highest BCUT2D eigenvalue weighted by Crippen LogP contribution is 2.44. The summed E-state index contributed by atoms with van der Waals surface area (Å²) in [7, 11) is -4.15. The van der Waals surface area contributed by atoms with Gasteiger partial charge in [-0.25, -0.2) is 36.1 Å². The van der Waals surface area contributed by atoms with Crippen molar-refractivity contribution >= 4 is 27.4 Å². The lowest BCUT2D eigenvalue weighted by atomic mass is 9.69. The number of alkyl halides is 4. The topological polar surface area (TPSA) is 119 Å². The van der Waals surface area contributed by atoms with Gasteiger partial charge in [0, 0.05) is 55.5 Å². The van der Waals surface area contributed by atoms with E-state index in [2.05, 4.69) is 10.3 Å². The smallest absolute Gasteiger partial charge is 0.255 e. The Balaban J connectivity index is 1.78. The molecule has 1 aromatic heterocycles. The quantitative estimate of drug-likeness (QED) is 0.648. The zero-order chi connectivity index (χ0) is 23.0. The van der Waals surface area contributed by atoms with E-state index >= 15 is 0 Å². The maximum Gasteiger partial charge on any atom is 0.255 e. The van der Waals surface area contributed by atoms with Crippen LogP contribution in [-0.2, 0) is 19.6 Å². The van der Waals surface area contributed by atoms with E-state index in [1.165, 1.54) is 6.07 Å². The number of pyridine rings is 1. The van der Waals surface area contributed by atoms with Gasteiger partial charge in [0.25, 0.3) is 10.0 Å². The van der Waals surface area contributed by atoms with Gasteiger partial charge >= 0.3 is 0 Å². The molecule has 0 aromatic carbocycles. The van der Waals surface area contributed by atoms with Crippen molar-refractivity contribution in [3.05, 3.63) is 18.3 Å². The van der Waals surface area contributed by atoms with Crippen molar-refractivity contribution in [3.8, 4) is 0 Å². The van der Waals surface area contributed by atoms with Gasteiger partial charge in [0.05, 0.1) is 5.92 Å². The van der Waals surface area contributed by atoms with Crippen LogP contribution >= 0.6 is 0 Å². The van der Waals surface area contributed by atoms with Gasteiger partial charge < -0.3 is 5.32 Å². The molecule has 2 atom stereocenters. The van der Waals surface area contributed by atoms with E-state index in [1.54, 1.807) is 0 Å². The second-order valence-electron chi connectivity index (χ2n) is 8.26. The fourth-order valence-corrected chi connectivity index (χ4v) is 4.75. The molecule has 0 bridgehead atoms. The highest BCUT2D eigenvalue weighted by atomic mass is 32.2. The third kappa shape index (κ3) is 5.79. The van der Waals surface area contributed by atoms with Crippen LogP contribution < -0.4 is 10.5 Å². The Labute approximate surface area is 176 Å². The number of carbonyl (C=O) groups is 2. The van der Waals surface area contributed by atoms with Gasteiger partial charge in [-0.15, -0.1) is 0 Å². The largest absolute Gasteiger partial charge is 0.326 e. The second-order valence-corrected chi connectivity index (χ2v) is 9.77. The highest BCUT2D eigenvalue weighted by molar-refractivity contribution is 7.89. The summed E-state index contributed by atoms with van der Waals surface area (Å²) in [5, 5.41) is 6.84. The van der Waals surface area contributed by atoms with Crippen LogP contribution in [0.4, 0.5) is 23.2 Å². The Morgan fingerprint density at radius 1 is 1.03 bits per heavy atom. The molecule has 0 radical (unpaired) electrons. The molecule has 0 aliphatic heterocycles. The van der Waals surface area contributed by atoms with Gasteiger partial charge in [-0.3, -0.25) is 9.59 Å². The first-order valence-electron chi connectivity index (χ1n) is 9.87. The maximum absolute atomic E-state index is 14.1. The average Bonchev–Trinajstić information content (AvgIpc) is 2.66. The summed E-state index contributed by atoms with van der Waals surface area (Å²) >= 11 is 0. The van der Waals surface area contributed by atoms with Crippen LogP contribution in [0.15, 0.2) is 23.4 Å². The number of primary sulfonamides is 1. The van der Waals surface area contributed by atoms with Gasteiger partial charge in [-0.05, 0) is 25.3 Å². The number of nitrogens with one attached hydrogen (secondary N) is 1. The average molecular weight is 465 g/mol. The number of hydrogen-bond acceptors (Lipinski definition) is 5. The molecule has 7 nitrogen and oxygen atoms in total. The van der Waals surface area contributed by atoms with Crippen molar-refractivity contribution in [1.82, 2.24) is 4.98 Å². The van der Waals surface area contributed by atoms with Crippen molar-refractivity contribution < 1.29 is 35.6 Å². The van der Waals surface area contributed by atoms with E-state index in [0.29, 0.717) is 0 Å². The van der Waals surface area contributed by atoms with Crippen LogP contribution in [0.1, 0.15) is 44.9 Å². The molecule has 0 spiro atoms. The van der Waals surface area contributed by atoms with E-state index in [0.717, 1.165) is 12.3 Å². The Kier molecular flexibility index (Phi) is 6.43. The SMILES string of the molecule is NS(=O)(=O)c1cc(NC(=O)C2CC(F)(F)CCC2C(=O)C2CCC(F)(F)CC2)ccn1. The van der Waals surface area contributed by atoms with E-state index in [1.807, 2.05) is 0 Å². The molecular formula is C19H23F4N3O4S. The van der Waals surface area contributed by atoms with Gasteiger partial charge in [0.1, 0.15) is 5.78 Å². The lowest BCUT2D eigenvalue weighted by Crippen LogP contribution is -2.45. The second kappa shape index (κ2) is 8.45. The van der Waals surface area contributed by atoms with E-state index < -0.39 is 82.0 Å². The molecule has 2 aliphatic rings. The molecular weight excluding hydrogens is 442 g/mol. The van der Waals surface area contributed by atoms with Crippen LogP contribution in [0.3, 0.4) is 0 Å². The summed E-state index contributed by atoms with van der Waals surface area (Å²) in [5.74, 6) is -10.4. The summed E-state index contributed by atoms with van der Waals surface area (Å²) in [4.78, 5) is 29.3. The number of ketones is 1. The third-order valence-electron chi connectivity index (χ3n) is 5.94. The number of aromatic nitrogens is 1. The minimum absolute atomic E-state index is 0.0265. The lowest BCUT2D eigenvalue weighted by molar-refractivity contribution is -0.146. The molecule has 2 saturated carbocycles. The number of carbonyl (C=O) groups excluding carboxylic acids is 2. The standard InChI is InChI=1S/C19H23F4N3O4S/c20-18(21)5-1-11(2-6-18)16(27)13-3-7-19(22,23)10-14(13)17(28)26-12-4-8-25-15(9-12)31(24,29)30/h4,8-9,11,13-14H,1-3,5-7,10H2,(H2,24,29,30)(H,25,26,28). The molecule has 1 aromatic rings. The summed E-state index contributed by atoms with van der Waals surface area (Å²) in [6.07, 6.45) is -1.56. The minimum atomic E-state index is -4.15. The first kappa shape index (κ1) is 23.6. The summed E-state index contributed by atoms with van der Waals surface area (Å²) in [6, 6.07) is 2.24. The molecule has 3 N–H and O–H groups in total. The summed E-state index contributed by atoms with van der Waals surface area (Å²) in [5.41, 5.74) is -0.0265. The normalized spacial score (nSPS) is 26.2. The first-order chi connectivity index (χ1) is 14.3. The van der Waals surface area contributed by atoms with Gasteiger partial charge in [-0.1, -0.05) is 0 Å². The molecule has 172 valence electrons. The van der Waals surface area contributed by atoms with Crippen molar-refractivity contribution in [2.45, 2.75) is 61.8 Å². The number of nitrogens with two attached hydrogens (primary N) is 1. The van der Waals surface area contributed by atoms with E-state index in [-0.39, 0.29) is 24.9 Å². The molecule has 0 saturated heterocycles. The monoisotopic (exact) mass is 465 g/mol. The summed E-state index contributed by atoms with van der Waals surface area (Å²) in [6.45, 7) is 0.